The first kappa shape index (κ1) is 18.1. The molecule has 0 bridgehead atoms. The summed E-state index contributed by atoms with van der Waals surface area (Å²) in [5, 5.41) is 7.97. The van der Waals surface area contributed by atoms with Crippen molar-refractivity contribution in [3.63, 3.8) is 0 Å². The fourth-order valence-electron chi connectivity index (χ4n) is 2.99. The Morgan fingerprint density at radius 3 is 2.48 bits per heavy atom. The lowest BCUT2D eigenvalue weighted by Gasteiger charge is -2.40. The first-order valence-corrected chi connectivity index (χ1v) is 8.41. The van der Waals surface area contributed by atoms with E-state index < -0.39 is 0 Å². The molecular weight excluding hydrogens is 264 g/mol. The minimum absolute atomic E-state index is 0.131. The standard InChI is InChI=1S/C16H32N4O/c1-6-11-17-14(16(7-2,8-3)21-10-5)12-15-18-13-19-20(15)9-4/h13-14,17H,6-12H2,1-5H3. The van der Waals surface area contributed by atoms with E-state index in [1.165, 1.54) is 0 Å². The summed E-state index contributed by atoms with van der Waals surface area (Å²) in [5.41, 5.74) is -0.131. The van der Waals surface area contributed by atoms with Gasteiger partial charge in [-0.05, 0) is 39.7 Å². The van der Waals surface area contributed by atoms with Gasteiger partial charge in [-0.25, -0.2) is 4.98 Å². The van der Waals surface area contributed by atoms with Crippen LogP contribution >= 0.6 is 0 Å². The number of rotatable bonds is 11. The van der Waals surface area contributed by atoms with Crippen LogP contribution in [0.4, 0.5) is 0 Å². The Balaban J connectivity index is 2.97. The van der Waals surface area contributed by atoms with Gasteiger partial charge in [0.15, 0.2) is 0 Å². The Kier molecular flexibility index (Phi) is 7.89. The molecule has 0 amide bonds. The summed E-state index contributed by atoms with van der Waals surface area (Å²) in [6.45, 7) is 13.4. The molecule has 0 radical (unpaired) electrons. The van der Waals surface area contributed by atoms with Crippen LogP contribution in [-0.2, 0) is 17.7 Å². The van der Waals surface area contributed by atoms with Crippen molar-refractivity contribution >= 4 is 0 Å². The van der Waals surface area contributed by atoms with Gasteiger partial charge in [0.25, 0.3) is 0 Å². The molecule has 0 saturated heterocycles. The Morgan fingerprint density at radius 2 is 1.95 bits per heavy atom. The van der Waals surface area contributed by atoms with Crippen molar-refractivity contribution in [2.45, 2.75) is 78.5 Å². The molecule has 1 aromatic heterocycles. The highest BCUT2D eigenvalue weighted by atomic mass is 16.5. The van der Waals surface area contributed by atoms with Gasteiger partial charge in [0.1, 0.15) is 12.2 Å². The molecule has 5 nitrogen and oxygen atoms in total. The van der Waals surface area contributed by atoms with Crippen molar-refractivity contribution < 1.29 is 4.74 Å². The van der Waals surface area contributed by atoms with Crippen LogP contribution in [-0.4, -0.2) is 39.6 Å². The lowest BCUT2D eigenvalue weighted by Crippen LogP contribution is -2.53. The SMILES string of the molecule is CCCNC(Cc1ncnn1CC)C(CC)(CC)OCC. The third-order valence-corrected chi connectivity index (χ3v) is 4.29. The van der Waals surface area contributed by atoms with Gasteiger partial charge in [-0.3, -0.25) is 4.68 Å². The predicted octanol–water partition coefficient (Wildman–Crippen LogP) is 2.80. The maximum Gasteiger partial charge on any atom is 0.138 e. The molecule has 1 N–H and O–H groups in total. The second-order valence-electron chi connectivity index (χ2n) is 5.41. The molecule has 122 valence electrons. The van der Waals surface area contributed by atoms with E-state index in [9.17, 15) is 0 Å². The quantitative estimate of drug-likeness (QED) is 0.682. The van der Waals surface area contributed by atoms with Gasteiger partial charge in [-0.1, -0.05) is 20.8 Å². The Hall–Kier alpha value is -0.940. The Bertz CT molecular complexity index is 387. The van der Waals surface area contributed by atoms with Gasteiger partial charge < -0.3 is 10.1 Å². The van der Waals surface area contributed by atoms with Gasteiger partial charge in [0.2, 0.25) is 0 Å². The largest absolute Gasteiger partial charge is 0.374 e. The van der Waals surface area contributed by atoms with Crippen molar-refractivity contribution in [1.82, 2.24) is 20.1 Å². The van der Waals surface area contributed by atoms with Gasteiger partial charge in [0.05, 0.1) is 5.60 Å². The monoisotopic (exact) mass is 296 g/mol. The second kappa shape index (κ2) is 9.15. The van der Waals surface area contributed by atoms with Crippen molar-refractivity contribution in [2.24, 2.45) is 0 Å². The van der Waals surface area contributed by atoms with Crippen LogP contribution in [0.25, 0.3) is 0 Å². The summed E-state index contributed by atoms with van der Waals surface area (Å²) in [6.07, 6.45) is 5.62. The van der Waals surface area contributed by atoms with E-state index in [0.717, 1.165) is 51.2 Å². The van der Waals surface area contributed by atoms with E-state index in [-0.39, 0.29) is 11.6 Å². The molecule has 5 heteroatoms. The first-order valence-electron chi connectivity index (χ1n) is 8.41. The molecule has 1 rings (SSSR count). The number of aromatic nitrogens is 3. The molecule has 0 aliphatic carbocycles. The van der Waals surface area contributed by atoms with E-state index in [1.54, 1.807) is 6.33 Å². The van der Waals surface area contributed by atoms with Gasteiger partial charge in [0, 0.05) is 25.6 Å². The van der Waals surface area contributed by atoms with Gasteiger partial charge in [-0.2, -0.15) is 5.10 Å². The minimum atomic E-state index is -0.131. The van der Waals surface area contributed by atoms with Crippen LogP contribution in [0.1, 0.15) is 59.7 Å². The number of ether oxygens (including phenoxy) is 1. The van der Waals surface area contributed by atoms with E-state index in [2.05, 4.69) is 50.0 Å². The van der Waals surface area contributed by atoms with Crippen LogP contribution in [0.3, 0.4) is 0 Å². The number of aryl methyl sites for hydroxylation is 1. The molecule has 0 spiro atoms. The van der Waals surface area contributed by atoms with E-state index in [4.69, 9.17) is 4.74 Å². The summed E-state index contributed by atoms with van der Waals surface area (Å²) < 4.78 is 8.16. The molecular formula is C16H32N4O. The van der Waals surface area contributed by atoms with Crippen LogP contribution < -0.4 is 5.32 Å². The van der Waals surface area contributed by atoms with E-state index in [1.807, 2.05) is 4.68 Å². The number of nitrogens with zero attached hydrogens (tertiary/aromatic N) is 3. The lowest BCUT2D eigenvalue weighted by atomic mass is 9.85. The zero-order valence-electron chi connectivity index (χ0n) is 14.4. The number of hydrogen-bond donors (Lipinski definition) is 1. The Morgan fingerprint density at radius 1 is 1.24 bits per heavy atom. The summed E-state index contributed by atoms with van der Waals surface area (Å²) in [5.74, 6) is 1.04. The van der Waals surface area contributed by atoms with Crippen LogP contribution in [0.15, 0.2) is 6.33 Å². The zero-order valence-corrected chi connectivity index (χ0v) is 14.4. The maximum absolute atomic E-state index is 6.19. The molecule has 0 aliphatic rings. The van der Waals surface area contributed by atoms with Crippen LogP contribution in [0.5, 0.6) is 0 Å². The molecule has 0 saturated carbocycles. The minimum Gasteiger partial charge on any atom is -0.374 e. The molecule has 1 heterocycles. The third-order valence-electron chi connectivity index (χ3n) is 4.29. The van der Waals surface area contributed by atoms with Crippen molar-refractivity contribution in [3.05, 3.63) is 12.2 Å². The normalized spacial score (nSPS) is 13.6. The third kappa shape index (κ3) is 4.51. The molecule has 0 aliphatic heterocycles. The Labute approximate surface area is 129 Å². The van der Waals surface area contributed by atoms with Gasteiger partial charge in [-0.15, -0.1) is 0 Å². The van der Waals surface area contributed by atoms with Crippen LogP contribution in [0.2, 0.25) is 0 Å². The fraction of sp³-hybridized carbons (Fsp3) is 0.875. The predicted molar refractivity (Wildman–Crippen MR) is 86.4 cm³/mol. The highest BCUT2D eigenvalue weighted by Gasteiger charge is 2.37. The molecule has 0 fully saturated rings. The maximum atomic E-state index is 6.19. The molecule has 1 unspecified atom stereocenters. The van der Waals surface area contributed by atoms with Crippen molar-refractivity contribution in [3.8, 4) is 0 Å². The topological polar surface area (TPSA) is 52.0 Å². The van der Waals surface area contributed by atoms with E-state index in [0.29, 0.717) is 0 Å². The van der Waals surface area contributed by atoms with E-state index >= 15 is 0 Å². The molecule has 1 atom stereocenters. The summed E-state index contributed by atoms with van der Waals surface area (Å²) in [7, 11) is 0. The number of nitrogens with one attached hydrogen (secondary N) is 1. The average molecular weight is 296 g/mol. The average Bonchev–Trinajstić information content (AvgIpc) is 2.96. The summed E-state index contributed by atoms with van der Waals surface area (Å²) in [6, 6.07) is 0.266. The fourth-order valence-corrected chi connectivity index (χ4v) is 2.99. The smallest absolute Gasteiger partial charge is 0.138 e. The second-order valence-corrected chi connectivity index (χ2v) is 5.41. The summed E-state index contributed by atoms with van der Waals surface area (Å²) >= 11 is 0. The van der Waals surface area contributed by atoms with Crippen molar-refractivity contribution in [2.75, 3.05) is 13.2 Å². The lowest BCUT2D eigenvalue weighted by molar-refractivity contribution is -0.0723. The van der Waals surface area contributed by atoms with Crippen LogP contribution in [0, 0.1) is 0 Å². The highest BCUT2D eigenvalue weighted by Crippen LogP contribution is 2.27. The van der Waals surface area contributed by atoms with Crippen molar-refractivity contribution in [1.29, 1.82) is 0 Å². The number of hydrogen-bond acceptors (Lipinski definition) is 4. The molecule has 21 heavy (non-hydrogen) atoms. The molecule has 0 aromatic carbocycles. The molecule has 1 aromatic rings. The highest BCUT2D eigenvalue weighted by molar-refractivity contribution is 4.99. The first-order chi connectivity index (χ1) is 10.2. The zero-order chi connectivity index (χ0) is 15.7. The van der Waals surface area contributed by atoms with Gasteiger partial charge >= 0.3 is 0 Å². The summed E-state index contributed by atoms with van der Waals surface area (Å²) in [4.78, 5) is 4.43.